The smallest absolute Gasteiger partial charge is 0.335 e. The third-order valence-electron chi connectivity index (χ3n) is 9.09. The predicted octanol–water partition coefficient (Wildman–Crippen LogP) is 9.18. The van der Waals surface area contributed by atoms with Crippen molar-refractivity contribution in [1.29, 1.82) is 5.26 Å². The van der Waals surface area contributed by atoms with Gasteiger partial charge in [0, 0.05) is 26.6 Å². The number of carbonyl (C=O) groups is 3. The van der Waals surface area contributed by atoms with E-state index in [1.807, 2.05) is 59.3 Å². The van der Waals surface area contributed by atoms with Crippen molar-refractivity contribution in [2.24, 2.45) is 5.92 Å². The van der Waals surface area contributed by atoms with Gasteiger partial charge in [-0.1, -0.05) is 59.5 Å². The number of hydrogen-bond acceptors (Lipinski definition) is 11. The molecular weight excluding hydrogens is 793 g/mol. The molecule has 10 nitrogen and oxygen atoms in total. The minimum absolute atomic E-state index is 0.100. The summed E-state index contributed by atoms with van der Waals surface area (Å²) in [4.78, 5) is 55.5. The fourth-order valence-corrected chi connectivity index (χ4v) is 11.5. The van der Waals surface area contributed by atoms with Crippen molar-refractivity contribution in [3.8, 4) is 27.8 Å². The standard InChI is InChI=1S/C22H14N2O2S3.C18H18N2O4S2/c23-12-18-17(20-4-2-10-28-20)11-19(14-5-7-15(8-6-14)22(25)26)24-21(18)29-13-16-3-1-9-27-16;21-14(9-20-11-6-2-4-8-13(11)26-18(20)24)19-16-15(17(22)23)10-5-1-3-7-12(10)25-16/h1-11H,13H2,(H,25,26);2,4,6,8,15-16H,1,3,5,7,9H2,(H,19,21)(H,22,23). The number of carbonyl (C=O) groups excluding carboxylic acids is 1. The average Bonchev–Trinajstić information content (AvgIpc) is 4.02. The zero-order chi connectivity index (χ0) is 38.5. The number of aromatic carboxylic acids is 1. The van der Waals surface area contributed by atoms with Crippen molar-refractivity contribution < 1.29 is 24.6 Å². The van der Waals surface area contributed by atoms with Crippen LogP contribution in [0.3, 0.4) is 0 Å². The second kappa shape index (κ2) is 17.2. The van der Waals surface area contributed by atoms with Gasteiger partial charge in [-0.2, -0.15) is 5.26 Å². The summed E-state index contributed by atoms with van der Waals surface area (Å²) in [6.45, 7) is -0.100. The van der Waals surface area contributed by atoms with Gasteiger partial charge in [0.2, 0.25) is 5.91 Å². The Balaban J connectivity index is 0.000000170. The molecule has 3 N–H and O–H groups in total. The number of pyridine rings is 1. The van der Waals surface area contributed by atoms with E-state index in [2.05, 4.69) is 17.5 Å². The number of para-hydroxylation sites is 1. The number of nitrogens with one attached hydrogen (secondary N) is 1. The minimum atomic E-state index is -0.962. The van der Waals surface area contributed by atoms with Crippen LogP contribution >= 0.6 is 57.5 Å². The molecule has 2 aliphatic rings. The van der Waals surface area contributed by atoms with Crippen molar-refractivity contribution in [2.75, 3.05) is 0 Å². The zero-order valence-corrected chi connectivity index (χ0v) is 33.1. The van der Waals surface area contributed by atoms with Crippen molar-refractivity contribution in [3.63, 3.8) is 0 Å². The summed E-state index contributed by atoms with van der Waals surface area (Å²) in [5, 5.41) is 35.7. The maximum Gasteiger partial charge on any atom is 0.335 e. The van der Waals surface area contributed by atoms with E-state index in [4.69, 9.17) is 10.1 Å². The molecule has 8 rings (SSSR count). The minimum Gasteiger partial charge on any atom is -0.481 e. The monoisotopic (exact) mass is 824 g/mol. The van der Waals surface area contributed by atoms with Crippen LogP contribution in [0.25, 0.3) is 31.9 Å². The van der Waals surface area contributed by atoms with E-state index in [1.54, 1.807) is 58.7 Å². The number of thioether (sulfide) groups is 2. The zero-order valence-electron chi connectivity index (χ0n) is 29.0. The van der Waals surface area contributed by atoms with Crippen molar-refractivity contribution >= 4 is 85.6 Å². The summed E-state index contributed by atoms with van der Waals surface area (Å²) < 4.78 is 2.28. The van der Waals surface area contributed by atoms with Gasteiger partial charge >= 0.3 is 16.8 Å². The van der Waals surface area contributed by atoms with Gasteiger partial charge in [0.15, 0.2) is 0 Å². The van der Waals surface area contributed by atoms with Crippen LogP contribution in [0.5, 0.6) is 0 Å². The Morgan fingerprint density at radius 3 is 2.44 bits per heavy atom. The molecule has 0 saturated heterocycles. The quantitative estimate of drug-likeness (QED) is 0.114. The van der Waals surface area contributed by atoms with Crippen LogP contribution in [0.4, 0.5) is 0 Å². The third kappa shape index (κ3) is 8.64. The second-order valence-electron chi connectivity index (χ2n) is 12.6. The molecule has 2 atom stereocenters. The molecule has 0 saturated carbocycles. The first-order valence-corrected chi connectivity index (χ1v) is 21.6. The number of aromatic nitrogens is 2. The number of rotatable bonds is 10. The highest BCUT2D eigenvalue weighted by Gasteiger charge is 2.41. The van der Waals surface area contributed by atoms with Gasteiger partial charge in [-0.3, -0.25) is 19.0 Å². The number of nitrogens with zero attached hydrogens (tertiary/aromatic N) is 3. The fourth-order valence-electron chi connectivity index (χ4n) is 6.50. The van der Waals surface area contributed by atoms with Crippen molar-refractivity contribution in [1.82, 2.24) is 14.9 Å². The van der Waals surface area contributed by atoms with Crippen LogP contribution in [-0.4, -0.2) is 43.0 Å². The number of amides is 1. The number of carboxylic acid groups (broad SMARTS) is 2. The van der Waals surface area contributed by atoms with Crippen LogP contribution in [0, 0.1) is 17.2 Å². The number of benzene rings is 2. The molecule has 278 valence electrons. The summed E-state index contributed by atoms with van der Waals surface area (Å²) in [5.74, 6) is -2.12. The summed E-state index contributed by atoms with van der Waals surface area (Å²) >= 11 is 7.37. The molecule has 55 heavy (non-hydrogen) atoms. The maximum atomic E-state index is 12.5. The Bertz CT molecular complexity index is 2500. The maximum absolute atomic E-state index is 12.5. The van der Waals surface area contributed by atoms with Gasteiger partial charge in [-0.25, -0.2) is 9.78 Å². The molecule has 2 unspecified atom stereocenters. The van der Waals surface area contributed by atoms with Gasteiger partial charge < -0.3 is 15.5 Å². The lowest BCUT2D eigenvalue weighted by atomic mass is 9.89. The first-order chi connectivity index (χ1) is 26.7. The molecule has 1 amide bonds. The SMILES string of the molecule is N#Cc1c(-c2cccs2)cc(-c2ccc(C(=O)O)cc2)nc1SCc1cccs1.O=C(Cn1c(=O)sc2ccccc21)NC1SC2=C(CCCC2)C1C(=O)O. The number of thiophene rings is 2. The predicted molar refractivity (Wildman–Crippen MR) is 221 cm³/mol. The van der Waals surface area contributed by atoms with E-state index < -0.39 is 23.2 Å². The Morgan fingerprint density at radius 1 is 0.964 bits per heavy atom. The molecule has 0 bridgehead atoms. The Labute approximate surface area is 336 Å². The van der Waals surface area contributed by atoms with E-state index in [1.165, 1.54) is 21.2 Å². The van der Waals surface area contributed by atoms with Crippen LogP contribution in [-0.2, 0) is 21.9 Å². The lowest BCUT2D eigenvalue weighted by Gasteiger charge is -2.20. The normalized spacial score (nSPS) is 16.2. The van der Waals surface area contributed by atoms with Crippen LogP contribution in [0.2, 0.25) is 0 Å². The summed E-state index contributed by atoms with van der Waals surface area (Å²) in [6.07, 6.45) is 3.75. The van der Waals surface area contributed by atoms with Crippen LogP contribution in [0.15, 0.2) is 110 Å². The molecule has 2 aromatic carbocycles. The van der Waals surface area contributed by atoms with E-state index >= 15 is 0 Å². The van der Waals surface area contributed by atoms with E-state index in [0.717, 1.165) is 85.2 Å². The van der Waals surface area contributed by atoms with Gasteiger partial charge in [0.05, 0.1) is 32.4 Å². The van der Waals surface area contributed by atoms with Gasteiger partial charge in [0.1, 0.15) is 23.6 Å². The number of allylic oxidation sites excluding steroid dienone is 1. The van der Waals surface area contributed by atoms with Gasteiger partial charge in [-0.05, 0) is 89.4 Å². The largest absolute Gasteiger partial charge is 0.481 e. The third-order valence-corrected chi connectivity index (χ3v) is 14.4. The van der Waals surface area contributed by atoms with Gasteiger partial charge in [0.25, 0.3) is 0 Å². The summed E-state index contributed by atoms with van der Waals surface area (Å²) in [7, 11) is 0. The molecule has 0 fully saturated rings. The van der Waals surface area contributed by atoms with E-state index in [-0.39, 0.29) is 22.9 Å². The summed E-state index contributed by atoms with van der Waals surface area (Å²) in [6, 6.07) is 26.3. The molecule has 15 heteroatoms. The Morgan fingerprint density at radius 2 is 1.73 bits per heavy atom. The lowest BCUT2D eigenvalue weighted by Crippen LogP contribution is -2.42. The first kappa shape index (κ1) is 38.3. The molecule has 1 aliphatic heterocycles. The number of fused-ring (bicyclic) bond motifs is 1. The van der Waals surface area contributed by atoms with Crippen LogP contribution in [0.1, 0.15) is 46.5 Å². The average molecular weight is 825 g/mol. The first-order valence-electron chi connectivity index (χ1n) is 17.2. The molecule has 6 aromatic rings. The molecule has 0 spiro atoms. The van der Waals surface area contributed by atoms with E-state index in [9.17, 15) is 29.5 Å². The molecule has 0 radical (unpaired) electrons. The highest BCUT2D eigenvalue weighted by Crippen LogP contribution is 2.48. The van der Waals surface area contributed by atoms with Crippen molar-refractivity contribution in [3.05, 3.63) is 126 Å². The number of thiazole rings is 1. The fraction of sp³-hybridized carbons (Fsp3) is 0.200. The number of carboxylic acids is 2. The van der Waals surface area contributed by atoms with E-state index in [0.29, 0.717) is 10.6 Å². The van der Waals surface area contributed by atoms with Crippen molar-refractivity contribution in [2.45, 2.75) is 48.4 Å². The number of hydrogen-bond donors (Lipinski definition) is 3. The highest BCUT2D eigenvalue weighted by molar-refractivity contribution is 8.04. The highest BCUT2D eigenvalue weighted by atomic mass is 32.2. The molecule has 5 heterocycles. The lowest BCUT2D eigenvalue weighted by molar-refractivity contribution is -0.140. The Kier molecular flexibility index (Phi) is 12.0. The Hall–Kier alpha value is -4.98. The second-order valence-corrected chi connectivity index (χ2v) is 17.7. The molecule has 4 aromatic heterocycles. The molecular formula is C40H32N4O6S5. The topological polar surface area (TPSA) is 162 Å². The number of nitriles is 1. The van der Waals surface area contributed by atoms with Crippen LogP contribution < -0.4 is 10.2 Å². The van der Waals surface area contributed by atoms with Gasteiger partial charge in [-0.15, -0.1) is 34.4 Å². The summed E-state index contributed by atoms with van der Waals surface area (Å²) in [5.41, 5.74) is 4.88. The number of aliphatic carboxylic acids is 1. The molecule has 1 aliphatic carbocycles.